The number of ether oxygens (including phenoxy) is 2. The Labute approximate surface area is 120 Å². The first-order valence-corrected chi connectivity index (χ1v) is 6.08. The summed E-state index contributed by atoms with van der Waals surface area (Å²) in [4.78, 5) is 10.4. The fraction of sp³-hybridized carbons (Fsp3) is 0.308. The molecule has 0 saturated carbocycles. The fourth-order valence-corrected chi connectivity index (χ4v) is 1.71. The average Bonchev–Trinajstić information content (AvgIpc) is 2.92. The van der Waals surface area contributed by atoms with E-state index in [9.17, 15) is 10.1 Å². The van der Waals surface area contributed by atoms with Gasteiger partial charge in [-0.2, -0.15) is 0 Å². The highest BCUT2D eigenvalue weighted by Crippen LogP contribution is 2.28. The lowest BCUT2D eigenvalue weighted by Gasteiger charge is -2.06. The Kier molecular flexibility index (Phi) is 4.85. The first-order chi connectivity index (χ1) is 10.1. The molecule has 0 aliphatic heterocycles. The number of methoxy groups -OCH3 is 1. The Balaban J connectivity index is 2.12. The summed E-state index contributed by atoms with van der Waals surface area (Å²) in [5.41, 5.74) is 0.842. The summed E-state index contributed by atoms with van der Waals surface area (Å²) < 4.78 is 15.3. The van der Waals surface area contributed by atoms with Crippen molar-refractivity contribution in [2.45, 2.75) is 19.8 Å². The van der Waals surface area contributed by atoms with E-state index in [0.717, 1.165) is 0 Å². The van der Waals surface area contributed by atoms with E-state index in [2.05, 4.69) is 5.16 Å². The molecule has 1 aromatic carbocycles. The summed E-state index contributed by atoms with van der Waals surface area (Å²) in [6.45, 7) is 0.0758. The average molecular weight is 294 g/mol. The first-order valence-electron chi connectivity index (χ1n) is 6.08. The molecule has 0 aliphatic carbocycles. The summed E-state index contributed by atoms with van der Waals surface area (Å²) in [7, 11) is 1.53. The first kappa shape index (κ1) is 14.9. The van der Waals surface area contributed by atoms with Crippen LogP contribution in [0.2, 0.25) is 0 Å². The number of aliphatic hydroxyl groups excluding tert-OH is 1. The number of aliphatic hydroxyl groups is 1. The minimum Gasteiger partial charge on any atom is -0.480 e. The molecule has 0 fully saturated rings. The largest absolute Gasteiger partial charge is 0.480 e. The van der Waals surface area contributed by atoms with E-state index in [1.54, 1.807) is 6.07 Å². The molecule has 0 radical (unpaired) electrons. The van der Waals surface area contributed by atoms with Crippen LogP contribution in [-0.2, 0) is 24.6 Å². The third-order valence-electron chi connectivity index (χ3n) is 2.67. The van der Waals surface area contributed by atoms with Crippen molar-refractivity contribution < 1.29 is 24.0 Å². The third kappa shape index (κ3) is 3.77. The van der Waals surface area contributed by atoms with Gasteiger partial charge in [0, 0.05) is 19.2 Å². The van der Waals surface area contributed by atoms with Gasteiger partial charge >= 0.3 is 5.69 Å². The summed E-state index contributed by atoms with van der Waals surface area (Å²) in [5.74, 6) is 0.609. The number of rotatable bonds is 7. The Morgan fingerprint density at radius 3 is 2.86 bits per heavy atom. The maximum Gasteiger partial charge on any atom is 0.310 e. The molecule has 8 heteroatoms. The van der Waals surface area contributed by atoms with Crippen LogP contribution < -0.4 is 4.74 Å². The molecule has 8 nitrogen and oxygen atoms in total. The zero-order valence-electron chi connectivity index (χ0n) is 11.3. The van der Waals surface area contributed by atoms with Crippen molar-refractivity contribution in [1.29, 1.82) is 0 Å². The molecule has 0 unspecified atom stereocenters. The van der Waals surface area contributed by atoms with E-state index in [1.807, 2.05) is 0 Å². The van der Waals surface area contributed by atoms with E-state index in [0.29, 0.717) is 17.0 Å². The molecule has 2 rings (SSSR count). The van der Waals surface area contributed by atoms with E-state index < -0.39 is 4.92 Å². The standard InChI is InChI=1S/C13H14N2O6/c1-19-8-11-5-10(14-21-11)7-20-13-4-9(6-16)2-3-12(13)15(17)18/h2-5,16H,6-8H2,1H3. The van der Waals surface area contributed by atoms with Crippen LogP contribution >= 0.6 is 0 Å². The predicted octanol–water partition coefficient (Wildman–Crippen LogP) is 1.80. The van der Waals surface area contributed by atoms with Gasteiger partial charge in [0.25, 0.3) is 0 Å². The zero-order valence-corrected chi connectivity index (χ0v) is 11.3. The fourth-order valence-electron chi connectivity index (χ4n) is 1.71. The minimum atomic E-state index is -0.546. The Bertz CT molecular complexity index is 625. The lowest BCUT2D eigenvalue weighted by Crippen LogP contribution is -2.00. The molecule has 0 saturated heterocycles. The Morgan fingerprint density at radius 1 is 1.38 bits per heavy atom. The second-order valence-corrected chi connectivity index (χ2v) is 4.22. The molecule has 1 heterocycles. The maximum absolute atomic E-state index is 10.9. The molecule has 21 heavy (non-hydrogen) atoms. The van der Waals surface area contributed by atoms with Crippen molar-refractivity contribution in [3.8, 4) is 5.75 Å². The molecule has 2 aromatic rings. The van der Waals surface area contributed by atoms with Crippen LogP contribution in [0, 0.1) is 10.1 Å². The van der Waals surface area contributed by atoms with Gasteiger partial charge in [0.15, 0.2) is 11.5 Å². The Hall–Kier alpha value is -2.45. The van der Waals surface area contributed by atoms with Crippen molar-refractivity contribution in [3.63, 3.8) is 0 Å². The SMILES string of the molecule is COCc1cc(COc2cc(CO)ccc2[N+](=O)[O-])no1. The predicted molar refractivity (Wildman–Crippen MR) is 70.6 cm³/mol. The van der Waals surface area contributed by atoms with Crippen LogP contribution in [0.1, 0.15) is 17.0 Å². The molecule has 1 N–H and O–H groups in total. The number of hydrogen-bond donors (Lipinski definition) is 1. The summed E-state index contributed by atoms with van der Waals surface area (Å²) in [6, 6.07) is 5.83. The van der Waals surface area contributed by atoms with E-state index in [4.69, 9.17) is 19.1 Å². The van der Waals surface area contributed by atoms with Gasteiger partial charge < -0.3 is 19.1 Å². The molecule has 1 aromatic heterocycles. The number of nitrogens with zero attached hydrogens (tertiary/aromatic N) is 2. The van der Waals surface area contributed by atoms with E-state index in [1.165, 1.54) is 25.3 Å². The van der Waals surface area contributed by atoms with Gasteiger partial charge in [-0.25, -0.2) is 0 Å². The number of nitro groups is 1. The van der Waals surface area contributed by atoms with Gasteiger partial charge in [0.1, 0.15) is 18.9 Å². The second kappa shape index (κ2) is 6.82. The summed E-state index contributed by atoms with van der Waals surface area (Å²) in [5, 5.41) is 23.8. The highest BCUT2D eigenvalue weighted by molar-refractivity contribution is 5.48. The number of hydrogen-bond acceptors (Lipinski definition) is 7. The molecule has 112 valence electrons. The number of aromatic nitrogens is 1. The summed E-state index contributed by atoms with van der Waals surface area (Å²) >= 11 is 0. The van der Waals surface area contributed by atoms with Crippen LogP contribution in [-0.4, -0.2) is 22.3 Å². The van der Waals surface area contributed by atoms with Gasteiger partial charge in [-0.1, -0.05) is 5.16 Å². The molecule has 0 spiro atoms. The van der Waals surface area contributed by atoms with Crippen LogP contribution in [0.15, 0.2) is 28.8 Å². The topological polar surface area (TPSA) is 108 Å². The van der Waals surface area contributed by atoms with Gasteiger partial charge in [0.2, 0.25) is 0 Å². The normalized spacial score (nSPS) is 10.6. The molecule has 0 amide bonds. The van der Waals surface area contributed by atoms with Gasteiger partial charge in [-0.3, -0.25) is 10.1 Å². The lowest BCUT2D eigenvalue weighted by molar-refractivity contribution is -0.386. The highest BCUT2D eigenvalue weighted by atomic mass is 16.6. The molecule has 0 aliphatic rings. The van der Waals surface area contributed by atoms with Crippen LogP contribution in [0.3, 0.4) is 0 Å². The monoisotopic (exact) mass is 294 g/mol. The minimum absolute atomic E-state index is 0.0168. The van der Waals surface area contributed by atoms with Crippen molar-refractivity contribution >= 4 is 5.69 Å². The van der Waals surface area contributed by atoms with Crippen LogP contribution in [0.5, 0.6) is 5.75 Å². The highest BCUT2D eigenvalue weighted by Gasteiger charge is 2.16. The Morgan fingerprint density at radius 2 is 2.19 bits per heavy atom. The van der Waals surface area contributed by atoms with Crippen molar-refractivity contribution in [2.24, 2.45) is 0 Å². The van der Waals surface area contributed by atoms with Gasteiger partial charge in [0.05, 0.1) is 11.5 Å². The van der Waals surface area contributed by atoms with Gasteiger partial charge in [-0.15, -0.1) is 0 Å². The van der Waals surface area contributed by atoms with Gasteiger partial charge in [-0.05, 0) is 17.7 Å². The van der Waals surface area contributed by atoms with Crippen LogP contribution in [0.25, 0.3) is 0 Å². The van der Waals surface area contributed by atoms with Crippen molar-refractivity contribution in [2.75, 3.05) is 7.11 Å². The number of benzene rings is 1. The molecule has 0 atom stereocenters. The van der Waals surface area contributed by atoms with Crippen LogP contribution in [0.4, 0.5) is 5.69 Å². The third-order valence-corrected chi connectivity index (χ3v) is 2.67. The van der Waals surface area contributed by atoms with E-state index in [-0.39, 0.29) is 31.3 Å². The molecular formula is C13H14N2O6. The smallest absolute Gasteiger partial charge is 0.310 e. The van der Waals surface area contributed by atoms with E-state index >= 15 is 0 Å². The second-order valence-electron chi connectivity index (χ2n) is 4.22. The quantitative estimate of drug-likeness (QED) is 0.612. The lowest BCUT2D eigenvalue weighted by atomic mass is 10.2. The molecular weight excluding hydrogens is 280 g/mol. The number of nitro benzene ring substituents is 1. The maximum atomic E-state index is 10.9. The summed E-state index contributed by atoms with van der Waals surface area (Å²) in [6.07, 6.45) is 0. The zero-order chi connectivity index (χ0) is 15.2. The molecule has 0 bridgehead atoms. The van der Waals surface area contributed by atoms with Crippen molar-refractivity contribution in [3.05, 3.63) is 51.4 Å². The van der Waals surface area contributed by atoms with Crippen molar-refractivity contribution in [1.82, 2.24) is 5.16 Å².